The van der Waals surface area contributed by atoms with Gasteiger partial charge in [-0.25, -0.2) is 4.39 Å². The highest BCUT2D eigenvalue weighted by atomic mass is 19.1. The van der Waals surface area contributed by atoms with Crippen LogP contribution in [-0.2, 0) is 4.79 Å². The summed E-state index contributed by atoms with van der Waals surface area (Å²) in [6.07, 6.45) is 2.39. The van der Waals surface area contributed by atoms with Crippen LogP contribution in [0.4, 0.5) is 4.39 Å². The van der Waals surface area contributed by atoms with Crippen molar-refractivity contribution < 1.29 is 14.3 Å². The van der Waals surface area contributed by atoms with Crippen molar-refractivity contribution in [2.45, 2.75) is 25.3 Å². The van der Waals surface area contributed by atoms with Crippen LogP contribution in [0.25, 0.3) is 0 Å². The summed E-state index contributed by atoms with van der Waals surface area (Å²) in [7, 11) is 0. The number of carboxylic acid groups (broad SMARTS) is 1. The molecule has 0 amide bonds. The van der Waals surface area contributed by atoms with Crippen LogP contribution in [0, 0.1) is 0 Å². The summed E-state index contributed by atoms with van der Waals surface area (Å²) in [5, 5.41) is 8.63. The molecule has 0 radical (unpaired) electrons. The average molecular weight is 161 g/mol. The molecule has 0 spiro atoms. The molecular formula is C7H12FNO2. The molecule has 64 valence electrons. The van der Waals surface area contributed by atoms with Crippen LogP contribution < -0.4 is 0 Å². The number of hydrogen-bond acceptors (Lipinski definition) is 2. The topological polar surface area (TPSA) is 40.5 Å². The Balaban J connectivity index is 2.51. The van der Waals surface area contributed by atoms with Gasteiger partial charge in [0.15, 0.2) is 0 Å². The molecule has 1 aliphatic heterocycles. The molecule has 4 heteroatoms. The second kappa shape index (κ2) is 3.67. The molecule has 1 heterocycles. The van der Waals surface area contributed by atoms with E-state index < -0.39 is 18.8 Å². The van der Waals surface area contributed by atoms with Gasteiger partial charge in [-0.15, -0.1) is 0 Å². The summed E-state index contributed by atoms with van der Waals surface area (Å²) in [4.78, 5) is 11.9. The number of nitrogens with zero attached hydrogens (tertiary/aromatic N) is 1. The Bertz CT molecular complexity index is 151. The molecule has 1 saturated heterocycles. The number of hydrogen-bond donors (Lipinski definition) is 1. The highest BCUT2D eigenvalue weighted by molar-refractivity contribution is 5.73. The van der Waals surface area contributed by atoms with Gasteiger partial charge in [0.1, 0.15) is 12.8 Å². The second-order valence-corrected chi connectivity index (χ2v) is 2.78. The van der Waals surface area contributed by atoms with Crippen LogP contribution in [-0.4, -0.2) is 35.4 Å². The van der Waals surface area contributed by atoms with Crippen molar-refractivity contribution in [3.8, 4) is 0 Å². The van der Waals surface area contributed by atoms with Crippen molar-refractivity contribution >= 4 is 5.97 Å². The first-order valence-corrected chi connectivity index (χ1v) is 3.78. The zero-order valence-electron chi connectivity index (χ0n) is 6.29. The predicted octanol–water partition coefficient (Wildman–Crippen LogP) is 0.852. The first-order valence-electron chi connectivity index (χ1n) is 3.78. The predicted molar refractivity (Wildman–Crippen MR) is 38.0 cm³/mol. The zero-order chi connectivity index (χ0) is 8.27. The van der Waals surface area contributed by atoms with Crippen molar-refractivity contribution in [3.63, 3.8) is 0 Å². The number of aliphatic carboxylic acids is 1. The summed E-state index contributed by atoms with van der Waals surface area (Å²) < 4.78 is 12.2. The lowest BCUT2D eigenvalue weighted by Crippen LogP contribution is -2.43. The van der Waals surface area contributed by atoms with E-state index in [1.807, 2.05) is 0 Å². The summed E-state index contributed by atoms with van der Waals surface area (Å²) in [5.74, 6) is -0.901. The van der Waals surface area contributed by atoms with Gasteiger partial charge in [-0.05, 0) is 12.8 Å². The number of likely N-dealkylation sites (tertiary alicyclic amines) is 1. The fourth-order valence-corrected chi connectivity index (χ4v) is 1.41. The van der Waals surface area contributed by atoms with Crippen molar-refractivity contribution in [2.75, 3.05) is 13.3 Å². The Labute approximate surface area is 64.8 Å². The van der Waals surface area contributed by atoms with Gasteiger partial charge in [0, 0.05) is 6.54 Å². The van der Waals surface area contributed by atoms with Crippen molar-refractivity contribution in [1.29, 1.82) is 0 Å². The van der Waals surface area contributed by atoms with Gasteiger partial charge in [0.25, 0.3) is 0 Å². The average Bonchev–Trinajstić information content (AvgIpc) is 2.04. The lowest BCUT2D eigenvalue weighted by atomic mass is 10.0. The van der Waals surface area contributed by atoms with Gasteiger partial charge in [0.05, 0.1) is 0 Å². The number of carbonyl (C=O) groups is 1. The summed E-state index contributed by atoms with van der Waals surface area (Å²) in [5.41, 5.74) is 0. The molecule has 3 nitrogen and oxygen atoms in total. The maximum Gasteiger partial charge on any atom is 0.320 e. The fourth-order valence-electron chi connectivity index (χ4n) is 1.41. The Morgan fingerprint density at radius 3 is 2.82 bits per heavy atom. The molecule has 1 atom stereocenters. The van der Waals surface area contributed by atoms with Crippen LogP contribution in [0.3, 0.4) is 0 Å². The number of carboxylic acids is 1. The van der Waals surface area contributed by atoms with Crippen LogP contribution in [0.15, 0.2) is 0 Å². The third-order valence-corrected chi connectivity index (χ3v) is 2.05. The fraction of sp³-hybridized carbons (Fsp3) is 0.857. The van der Waals surface area contributed by atoms with Gasteiger partial charge in [-0.1, -0.05) is 6.42 Å². The van der Waals surface area contributed by atoms with E-state index in [0.717, 1.165) is 12.8 Å². The van der Waals surface area contributed by atoms with Crippen LogP contribution in [0.5, 0.6) is 0 Å². The van der Waals surface area contributed by atoms with Crippen molar-refractivity contribution in [2.24, 2.45) is 0 Å². The third-order valence-electron chi connectivity index (χ3n) is 2.05. The van der Waals surface area contributed by atoms with E-state index in [0.29, 0.717) is 13.0 Å². The Hall–Kier alpha value is -0.640. The molecule has 0 bridgehead atoms. The molecule has 1 aliphatic rings. The molecule has 0 aliphatic carbocycles. The van der Waals surface area contributed by atoms with Crippen LogP contribution >= 0.6 is 0 Å². The highest BCUT2D eigenvalue weighted by Crippen LogP contribution is 2.16. The molecule has 0 aromatic heterocycles. The second-order valence-electron chi connectivity index (χ2n) is 2.78. The smallest absolute Gasteiger partial charge is 0.320 e. The van der Waals surface area contributed by atoms with Gasteiger partial charge in [-0.2, -0.15) is 0 Å². The van der Waals surface area contributed by atoms with E-state index >= 15 is 0 Å². The summed E-state index contributed by atoms with van der Waals surface area (Å²) >= 11 is 0. The molecule has 0 saturated carbocycles. The van der Waals surface area contributed by atoms with E-state index in [4.69, 9.17) is 5.11 Å². The molecular weight excluding hydrogens is 149 g/mol. The highest BCUT2D eigenvalue weighted by Gasteiger charge is 2.27. The Morgan fingerprint density at radius 1 is 1.64 bits per heavy atom. The first kappa shape index (κ1) is 8.46. The van der Waals surface area contributed by atoms with Crippen LogP contribution in [0.2, 0.25) is 0 Å². The van der Waals surface area contributed by atoms with Crippen molar-refractivity contribution in [3.05, 3.63) is 0 Å². The minimum absolute atomic E-state index is 0.577. The molecule has 1 rings (SSSR count). The van der Waals surface area contributed by atoms with Crippen LogP contribution in [0.1, 0.15) is 19.3 Å². The number of halogens is 1. The van der Waals surface area contributed by atoms with Gasteiger partial charge in [0.2, 0.25) is 0 Å². The van der Waals surface area contributed by atoms with Crippen molar-refractivity contribution in [1.82, 2.24) is 4.90 Å². The SMILES string of the molecule is O=C(O)C1CCCCN1CF. The summed E-state index contributed by atoms with van der Waals surface area (Å²) in [6.45, 7) is -0.0650. The lowest BCUT2D eigenvalue weighted by Gasteiger charge is -2.29. The molecule has 1 unspecified atom stereocenters. The quantitative estimate of drug-likeness (QED) is 0.610. The van der Waals surface area contributed by atoms with E-state index in [1.54, 1.807) is 0 Å². The Kier molecular flexibility index (Phi) is 2.82. The zero-order valence-corrected chi connectivity index (χ0v) is 6.29. The third kappa shape index (κ3) is 1.89. The molecule has 11 heavy (non-hydrogen) atoms. The molecule has 1 fully saturated rings. The van der Waals surface area contributed by atoms with E-state index in [9.17, 15) is 9.18 Å². The number of alkyl halides is 1. The van der Waals surface area contributed by atoms with Gasteiger partial charge in [-0.3, -0.25) is 9.69 Å². The monoisotopic (exact) mass is 161 g/mol. The van der Waals surface area contributed by atoms with E-state index in [2.05, 4.69) is 0 Å². The largest absolute Gasteiger partial charge is 0.480 e. The minimum Gasteiger partial charge on any atom is -0.480 e. The van der Waals surface area contributed by atoms with E-state index in [-0.39, 0.29) is 0 Å². The normalized spacial score (nSPS) is 26.8. The van der Waals surface area contributed by atoms with E-state index in [1.165, 1.54) is 4.90 Å². The standard InChI is InChI=1S/C7H12FNO2/c8-5-9-4-2-1-3-6(9)7(10)11/h6H,1-5H2,(H,10,11). The van der Waals surface area contributed by atoms with Gasteiger partial charge < -0.3 is 5.11 Å². The number of piperidine rings is 1. The molecule has 0 aromatic carbocycles. The maximum atomic E-state index is 12.2. The lowest BCUT2D eigenvalue weighted by molar-refractivity contribution is -0.145. The van der Waals surface area contributed by atoms with Gasteiger partial charge >= 0.3 is 5.97 Å². The minimum atomic E-state index is -0.901. The maximum absolute atomic E-state index is 12.2. The summed E-state index contributed by atoms with van der Waals surface area (Å²) in [6, 6.07) is -0.589. The Morgan fingerprint density at radius 2 is 2.36 bits per heavy atom. The molecule has 1 N–H and O–H groups in total. The number of rotatable bonds is 2. The first-order chi connectivity index (χ1) is 5.25. The molecule has 0 aromatic rings.